The Morgan fingerprint density at radius 1 is 1.10 bits per heavy atom. The van der Waals surface area contributed by atoms with Gasteiger partial charge in [0, 0.05) is 10.4 Å². The molecule has 0 unspecified atom stereocenters. The molecule has 0 radical (unpaired) electrons. The van der Waals surface area contributed by atoms with E-state index in [0.717, 1.165) is 21.5 Å². The molecule has 0 bridgehead atoms. The molecule has 6 nitrogen and oxygen atoms in total. The van der Waals surface area contributed by atoms with Crippen LogP contribution in [0.2, 0.25) is 5.02 Å². The molecule has 152 valence electrons. The molecule has 0 spiro atoms. The van der Waals surface area contributed by atoms with Gasteiger partial charge in [0.1, 0.15) is 10.6 Å². The average Bonchev–Trinajstić information content (AvgIpc) is 3.29. The number of hydrazine groups is 1. The lowest BCUT2D eigenvalue weighted by Gasteiger charge is -2.07. The van der Waals surface area contributed by atoms with Crippen LogP contribution in [0.1, 0.15) is 31.3 Å². The molecule has 4 rings (SSSR count). The fourth-order valence-corrected chi connectivity index (χ4v) is 4.26. The molecule has 0 aliphatic heterocycles. The van der Waals surface area contributed by atoms with Crippen molar-refractivity contribution < 1.29 is 14.0 Å². The summed E-state index contributed by atoms with van der Waals surface area (Å²) in [4.78, 5) is 25.8. The maximum Gasteiger partial charge on any atom is 0.279 e. The Bertz CT molecular complexity index is 1270. The molecule has 2 amide bonds. The third-order valence-corrected chi connectivity index (χ3v) is 6.03. The third kappa shape index (κ3) is 3.92. The zero-order valence-corrected chi connectivity index (χ0v) is 17.4. The number of amides is 2. The molecule has 30 heavy (non-hydrogen) atoms. The van der Waals surface area contributed by atoms with Gasteiger partial charge in [-0.2, -0.15) is 5.10 Å². The molecular weight excluding hydrogens is 427 g/mol. The van der Waals surface area contributed by atoms with Gasteiger partial charge in [0.05, 0.1) is 22.7 Å². The third-order valence-electron chi connectivity index (χ3n) is 4.52. The summed E-state index contributed by atoms with van der Waals surface area (Å²) in [6.07, 6.45) is 0. The predicted octanol–water partition coefficient (Wildman–Crippen LogP) is 4.32. The molecule has 0 aliphatic rings. The number of halogens is 2. The summed E-state index contributed by atoms with van der Waals surface area (Å²) in [5.74, 6) is -1.89. The number of fused-ring (bicyclic) bond motifs is 1. The van der Waals surface area contributed by atoms with Crippen molar-refractivity contribution >= 4 is 45.0 Å². The molecule has 4 aromatic rings. The van der Waals surface area contributed by atoms with E-state index in [0.29, 0.717) is 16.4 Å². The summed E-state index contributed by atoms with van der Waals surface area (Å²) in [7, 11) is 0. The predicted molar refractivity (Wildman–Crippen MR) is 114 cm³/mol. The second kappa shape index (κ2) is 8.25. The van der Waals surface area contributed by atoms with Gasteiger partial charge in [-0.1, -0.05) is 41.9 Å². The minimum absolute atomic E-state index is 0.152. The Morgan fingerprint density at radius 3 is 2.57 bits per heavy atom. The normalized spacial score (nSPS) is 10.9. The Labute approximate surface area is 180 Å². The minimum Gasteiger partial charge on any atom is -0.267 e. The number of nitrogens with one attached hydrogen (secondary N) is 2. The van der Waals surface area contributed by atoms with E-state index < -0.39 is 17.6 Å². The number of aromatic nitrogens is 2. The Morgan fingerprint density at radius 2 is 1.80 bits per heavy atom. The van der Waals surface area contributed by atoms with Gasteiger partial charge >= 0.3 is 0 Å². The lowest BCUT2D eigenvalue weighted by atomic mass is 10.2. The lowest BCUT2D eigenvalue weighted by molar-refractivity contribution is 0.0846. The topological polar surface area (TPSA) is 76.0 Å². The first kappa shape index (κ1) is 20.1. The van der Waals surface area contributed by atoms with Crippen LogP contribution >= 0.6 is 22.9 Å². The molecular formula is C21H16ClFN4O2S. The van der Waals surface area contributed by atoms with Crippen molar-refractivity contribution in [2.75, 3.05) is 0 Å². The van der Waals surface area contributed by atoms with Gasteiger partial charge in [-0.3, -0.25) is 25.1 Å². The van der Waals surface area contributed by atoms with Crippen LogP contribution in [0.4, 0.5) is 4.39 Å². The fourth-order valence-electron chi connectivity index (χ4n) is 3.01. The van der Waals surface area contributed by atoms with Gasteiger partial charge in [-0.15, -0.1) is 11.3 Å². The highest BCUT2D eigenvalue weighted by molar-refractivity contribution is 7.20. The van der Waals surface area contributed by atoms with Crippen molar-refractivity contribution in [3.05, 3.63) is 87.1 Å². The monoisotopic (exact) mass is 442 g/mol. The second-order valence-corrected chi connectivity index (χ2v) is 7.99. The number of rotatable bonds is 4. The van der Waals surface area contributed by atoms with Crippen molar-refractivity contribution in [3.8, 4) is 0 Å². The lowest BCUT2D eigenvalue weighted by Crippen LogP contribution is -2.41. The summed E-state index contributed by atoms with van der Waals surface area (Å²) < 4.78 is 15.5. The number of carbonyl (C=O) groups excluding carboxylic acids is 2. The van der Waals surface area contributed by atoms with Gasteiger partial charge in [0.2, 0.25) is 0 Å². The van der Waals surface area contributed by atoms with Crippen LogP contribution in [0.25, 0.3) is 10.2 Å². The van der Waals surface area contributed by atoms with E-state index in [1.807, 2.05) is 31.2 Å². The molecule has 0 fully saturated rings. The van der Waals surface area contributed by atoms with E-state index in [1.54, 1.807) is 16.8 Å². The van der Waals surface area contributed by atoms with Gasteiger partial charge < -0.3 is 0 Å². The molecule has 0 atom stereocenters. The number of thiophene rings is 1. The standard InChI is InChI=1S/C21H16ClFN4O2S/c1-12-15-10-18(20(29)25-24-19(28)14-7-3-5-9-17(14)23)30-21(15)27(26-12)11-13-6-2-4-8-16(13)22/h2-10H,11H2,1H3,(H,24,28)(H,25,29). The summed E-state index contributed by atoms with van der Waals surface area (Å²) >= 11 is 7.50. The first-order valence-electron chi connectivity index (χ1n) is 8.99. The molecule has 2 aromatic carbocycles. The summed E-state index contributed by atoms with van der Waals surface area (Å²) in [5.41, 5.74) is 6.11. The van der Waals surface area contributed by atoms with Crippen molar-refractivity contribution in [1.29, 1.82) is 0 Å². The maximum atomic E-state index is 13.7. The molecule has 0 saturated heterocycles. The maximum absolute atomic E-state index is 13.7. The zero-order valence-electron chi connectivity index (χ0n) is 15.8. The molecule has 2 N–H and O–H groups in total. The molecule has 2 heterocycles. The quantitative estimate of drug-likeness (QED) is 0.462. The van der Waals surface area contributed by atoms with Crippen LogP contribution in [0.3, 0.4) is 0 Å². The Kier molecular flexibility index (Phi) is 5.52. The SMILES string of the molecule is Cc1nn(Cc2ccccc2Cl)c2sc(C(=O)NNC(=O)c3ccccc3F)cc12. The van der Waals surface area contributed by atoms with Crippen LogP contribution in [-0.2, 0) is 6.54 Å². The first-order chi connectivity index (χ1) is 14.4. The molecule has 0 saturated carbocycles. The molecule has 2 aromatic heterocycles. The summed E-state index contributed by atoms with van der Waals surface area (Å²) in [6.45, 7) is 2.33. The van der Waals surface area contributed by atoms with Crippen LogP contribution in [0.5, 0.6) is 0 Å². The van der Waals surface area contributed by atoms with Crippen LogP contribution in [-0.4, -0.2) is 21.6 Å². The summed E-state index contributed by atoms with van der Waals surface area (Å²) in [6, 6.07) is 14.8. The number of nitrogens with zero attached hydrogens (tertiary/aromatic N) is 2. The highest BCUT2D eigenvalue weighted by Gasteiger charge is 2.18. The van der Waals surface area contributed by atoms with Crippen molar-refractivity contribution in [2.45, 2.75) is 13.5 Å². The van der Waals surface area contributed by atoms with Crippen molar-refractivity contribution in [2.24, 2.45) is 0 Å². The van der Waals surface area contributed by atoms with E-state index in [2.05, 4.69) is 16.0 Å². The molecule has 9 heteroatoms. The fraction of sp³-hybridized carbons (Fsp3) is 0.0952. The Balaban J connectivity index is 1.52. The number of hydrogen-bond acceptors (Lipinski definition) is 4. The highest BCUT2D eigenvalue weighted by atomic mass is 35.5. The number of aryl methyl sites for hydroxylation is 1. The second-order valence-electron chi connectivity index (χ2n) is 6.55. The van der Waals surface area contributed by atoms with Gasteiger partial charge in [0.25, 0.3) is 11.8 Å². The van der Waals surface area contributed by atoms with Crippen LogP contribution in [0.15, 0.2) is 54.6 Å². The zero-order chi connectivity index (χ0) is 21.3. The number of hydrogen-bond donors (Lipinski definition) is 2. The highest BCUT2D eigenvalue weighted by Crippen LogP contribution is 2.29. The van der Waals surface area contributed by atoms with Gasteiger partial charge in [-0.25, -0.2) is 4.39 Å². The minimum atomic E-state index is -0.733. The van der Waals surface area contributed by atoms with E-state index in [-0.39, 0.29) is 5.56 Å². The molecule has 0 aliphatic carbocycles. The first-order valence-corrected chi connectivity index (χ1v) is 10.2. The van der Waals surface area contributed by atoms with Crippen molar-refractivity contribution in [3.63, 3.8) is 0 Å². The van der Waals surface area contributed by atoms with E-state index in [9.17, 15) is 14.0 Å². The smallest absolute Gasteiger partial charge is 0.267 e. The average molecular weight is 443 g/mol. The van der Waals surface area contributed by atoms with Crippen LogP contribution in [0, 0.1) is 12.7 Å². The number of carbonyl (C=O) groups is 2. The van der Waals surface area contributed by atoms with E-state index >= 15 is 0 Å². The van der Waals surface area contributed by atoms with Crippen LogP contribution < -0.4 is 10.9 Å². The van der Waals surface area contributed by atoms with Gasteiger partial charge in [0.15, 0.2) is 0 Å². The Hall–Kier alpha value is -3.23. The van der Waals surface area contributed by atoms with Crippen molar-refractivity contribution in [1.82, 2.24) is 20.6 Å². The van der Waals surface area contributed by atoms with Gasteiger partial charge in [-0.05, 0) is 36.8 Å². The largest absolute Gasteiger partial charge is 0.279 e. The number of benzene rings is 2. The van der Waals surface area contributed by atoms with E-state index in [1.165, 1.54) is 29.5 Å². The summed E-state index contributed by atoms with van der Waals surface area (Å²) in [5, 5.41) is 6.02. The van der Waals surface area contributed by atoms with E-state index in [4.69, 9.17) is 11.6 Å².